The molecule has 1 aromatic heterocycles. The van der Waals surface area contributed by atoms with Crippen molar-refractivity contribution in [3.63, 3.8) is 0 Å². The predicted molar refractivity (Wildman–Crippen MR) is 92.2 cm³/mol. The number of amides is 1. The van der Waals surface area contributed by atoms with E-state index in [1.54, 1.807) is 30.5 Å². The third-order valence-corrected chi connectivity index (χ3v) is 3.79. The van der Waals surface area contributed by atoms with Crippen LogP contribution in [0.5, 0.6) is 0 Å². The number of fused-ring (bicyclic) bond motifs is 1. The Kier molecular flexibility index (Phi) is 4.24. The lowest BCUT2D eigenvalue weighted by atomic mass is 10.1. The summed E-state index contributed by atoms with van der Waals surface area (Å²) >= 11 is 0. The first-order valence-electron chi connectivity index (χ1n) is 7.44. The highest BCUT2D eigenvalue weighted by molar-refractivity contribution is 6.09. The zero-order valence-electron chi connectivity index (χ0n) is 13.4. The second-order valence-electron chi connectivity index (χ2n) is 5.36. The van der Waals surface area contributed by atoms with Crippen LogP contribution in [0.25, 0.3) is 10.9 Å². The van der Waals surface area contributed by atoms with Crippen LogP contribution in [0.4, 0.5) is 5.69 Å². The summed E-state index contributed by atoms with van der Waals surface area (Å²) in [5.41, 5.74) is 3.22. The Labute approximate surface area is 139 Å². The monoisotopic (exact) mass is 320 g/mol. The van der Waals surface area contributed by atoms with Gasteiger partial charge in [-0.25, -0.2) is 4.79 Å². The van der Waals surface area contributed by atoms with E-state index in [1.807, 2.05) is 31.2 Å². The molecular weight excluding hydrogens is 304 g/mol. The SMILES string of the molecule is COC(=O)c1ccc(C(=O)Nc2c(C)ccc3cccnc23)cc1. The predicted octanol–water partition coefficient (Wildman–Crippen LogP) is 3.58. The van der Waals surface area contributed by atoms with Crippen LogP contribution in [0.15, 0.2) is 54.7 Å². The maximum Gasteiger partial charge on any atom is 0.337 e. The highest BCUT2D eigenvalue weighted by Crippen LogP contribution is 2.25. The highest BCUT2D eigenvalue weighted by Gasteiger charge is 2.12. The van der Waals surface area contributed by atoms with Gasteiger partial charge in [-0.15, -0.1) is 0 Å². The molecule has 5 heteroatoms. The van der Waals surface area contributed by atoms with Crippen molar-refractivity contribution >= 4 is 28.5 Å². The van der Waals surface area contributed by atoms with Gasteiger partial charge in [-0.1, -0.05) is 18.2 Å². The number of methoxy groups -OCH3 is 1. The van der Waals surface area contributed by atoms with Gasteiger partial charge in [0.1, 0.15) is 0 Å². The maximum absolute atomic E-state index is 12.5. The second kappa shape index (κ2) is 6.50. The number of esters is 1. The molecule has 120 valence electrons. The van der Waals surface area contributed by atoms with Gasteiger partial charge in [0.15, 0.2) is 0 Å². The van der Waals surface area contributed by atoms with Crippen LogP contribution in [-0.2, 0) is 4.74 Å². The molecule has 0 aliphatic carbocycles. The molecule has 0 bridgehead atoms. The normalized spacial score (nSPS) is 10.4. The molecule has 5 nitrogen and oxygen atoms in total. The first kappa shape index (κ1) is 15.7. The summed E-state index contributed by atoms with van der Waals surface area (Å²) in [4.78, 5) is 28.3. The fraction of sp³-hybridized carbons (Fsp3) is 0.105. The van der Waals surface area contributed by atoms with E-state index in [1.165, 1.54) is 7.11 Å². The first-order valence-corrected chi connectivity index (χ1v) is 7.44. The number of aromatic nitrogens is 1. The minimum atomic E-state index is -0.434. The molecule has 24 heavy (non-hydrogen) atoms. The van der Waals surface area contributed by atoms with E-state index in [0.29, 0.717) is 16.8 Å². The lowest BCUT2D eigenvalue weighted by molar-refractivity contribution is 0.0600. The molecule has 1 N–H and O–H groups in total. The molecule has 3 aromatic rings. The first-order chi connectivity index (χ1) is 11.6. The largest absolute Gasteiger partial charge is 0.465 e. The van der Waals surface area contributed by atoms with E-state index in [-0.39, 0.29) is 5.91 Å². The van der Waals surface area contributed by atoms with Gasteiger partial charge in [-0.2, -0.15) is 0 Å². The summed E-state index contributed by atoms with van der Waals surface area (Å²) in [7, 11) is 1.32. The Balaban J connectivity index is 1.90. The van der Waals surface area contributed by atoms with Crippen LogP contribution >= 0.6 is 0 Å². The number of hydrogen-bond donors (Lipinski definition) is 1. The topological polar surface area (TPSA) is 68.3 Å². The van der Waals surface area contributed by atoms with Crippen LogP contribution < -0.4 is 5.32 Å². The van der Waals surface area contributed by atoms with E-state index in [2.05, 4.69) is 15.0 Å². The Morgan fingerprint density at radius 3 is 2.42 bits per heavy atom. The number of pyridine rings is 1. The number of hydrogen-bond acceptors (Lipinski definition) is 4. The molecule has 3 rings (SSSR count). The molecule has 0 fully saturated rings. The average Bonchev–Trinajstić information content (AvgIpc) is 2.63. The van der Waals surface area contributed by atoms with Crippen molar-refractivity contribution in [1.29, 1.82) is 0 Å². The van der Waals surface area contributed by atoms with Crippen molar-refractivity contribution in [3.05, 3.63) is 71.4 Å². The summed E-state index contributed by atoms with van der Waals surface area (Å²) in [5, 5.41) is 3.87. The number of ether oxygens (including phenoxy) is 1. The van der Waals surface area contributed by atoms with Gasteiger partial charge < -0.3 is 10.1 Å². The van der Waals surface area contributed by atoms with Gasteiger partial charge in [0.05, 0.1) is 23.9 Å². The Hall–Kier alpha value is -3.21. The summed E-state index contributed by atoms with van der Waals surface area (Å²) < 4.78 is 4.65. The van der Waals surface area contributed by atoms with Crippen molar-refractivity contribution < 1.29 is 14.3 Å². The zero-order valence-corrected chi connectivity index (χ0v) is 13.4. The molecule has 2 aromatic carbocycles. The lowest BCUT2D eigenvalue weighted by Gasteiger charge is -2.11. The highest BCUT2D eigenvalue weighted by atomic mass is 16.5. The minimum Gasteiger partial charge on any atom is -0.465 e. The molecular formula is C19H16N2O3. The van der Waals surface area contributed by atoms with E-state index < -0.39 is 5.97 Å². The Morgan fingerprint density at radius 1 is 1.00 bits per heavy atom. The average molecular weight is 320 g/mol. The standard InChI is InChI=1S/C19H16N2O3/c1-12-5-6-13-4-3-11-20-17(13)16(12)21-18(22)14-7-9-15(10-8-14)19(23)24-2/h3-11H,1-2H3,(H,21,22). The molecule has 0 radical (unpaired) electrons. The molecule has 0 saturated carbocycles. The van der Waals surface area contributed by atoms with Gasteiger partial charge in [0.2, 0.25) is 0 Å². The second-order valence-corrected chi connectivity index (χ2v) is 5.36. The summed E-state index contributed by atoms with van der Waals surface area (Å²) in [5.74, 6) is -0.691. The number of benzene rings is 2. The number of aryl methyl sites for hydroxylation is 1. The Bertz CT molecular complexity index is 918. The van der Waals surface area contributed by atoms with Crippen LogP contribution in [-0.4, -0.2) is 24.0 Å². The Morgan fingerprint density at radius 2 is 1.71 bits per heavy atom. The van der Waals surface area contributed by atoms with Crippen molar-refractivity contribution in [2.45, 2.75) is 6.92 Å². The molecule has 1 amide bonds. The van der Waals surface area contributed by atoms with Gasteiger partial charge in [-0.05, 0) is 42.8 Å². The van der Waals surface area contributed by atoms with E-state index in [4.69, 9.17) is 0 Å². The smallest absolute Gasteiger partial charge is 0.337 e. The number of anilines is 1. The lowest BCUT2D eigenvalue weighted by Crippen LogP contribution is -2.14. The van der Waals surface area contributed by atoms with Gasteiger partial charge in [-0.3, -0.25) is 9.78 Å². The van der Waals surface area contributed by atoms with Crippen molar-refractivity contribution in [1.82, 2.24) is 4.98 Å². The molecule has 1 heterocycles. The molecule has 0 saturated heterocycles. The zero-order chi connectivity index (χ0) is 17.1. The summed E-state index contributed by atoms with van der Waals surface area (Å²) in [6.07, 6.45) is 1.70. The summed E-state index contributed by atoms with van der Waals surface area (Å²) in [6, 6.07) is 14.0. The maximum atomic E-state index is 12.5. The third kappa shape index (κ3) is 2.96. The fourth-order valence-corrected chi connectivity index (χ4v) is 2.47. The van der Waals surface area contributed by atoms with Crippen LogP contribution in [0.3, 0.4) is 0 Å². The fourth-order valence-electron chi connectivity index (χ4n) is 2.47. The van der Waals surface area contributed by atoms with Gasteiger partial charge in [0.25, 0.3) is 5.91 Å². The van der Waals surface area contributed by atoms with Crippen molar-refractivity contribution in [3.8, 4) is 0 Å². The number of carbonyl (C=O) groups is 2. The summed E-state index contributed by atoms with van der Waals surface area (Å²) in [6.45, 7) is 1.92. The van der Waals surface area contributed by atoms with E-state index >= 15 is 0 Å². The third-order valence-electron chi connectivity index (χ3n) is 3.79. The molecule has 0 aliphatic heterocycles. The van der Waals surface area contributed by atoms with Gasteiger partial charge in [0, 0.05) is 17.1 Å². The number of nitrogens with one attached hydrogen (secondary N) is 1. The van der Waals surface area contributed by atoms with Crippen LogP contribution in [0.1, 0.15) is 26.3 Å². The number of nitrogens with zero attached hydrogens (tertiary/aromatic N) is 1. The molecule has 0 aliphatic rings. The number of rotatable bonds is 3. The van der Waals surface area contributed by atoms with Crippen molar-refractivity contribution in [2.24, 2.45) is 0 Å². The van der Waals surface area contributed by atoms with Gasteiger partial charge >= 0.3 is 5.97 Å². The van der Waals surface area contributed by atoms with Crippen molar-refractivity contribution in [2.75, 3.05) is 12.4 Å². The molecule has 0 spiro atoms. The number of carbonyl (C=O) groups excluding carboxylic acids is 2. The minimum absolute atomic E-state index is 0.257. The van der Waals surface area contributed by atoms with E-state index in [9.17, 15) is 9.59 Å². The van der Waals surface area contributed by atoms with Crippen LogP contribution in [0, 0.1) is 6.92 Å². The van der Waals surface area contributed by atoms with E-state index in [0.717, 1.165) is 16.5 Å². The van der Waals surface area contributed by atoms with Crippen LogP contribution in [0.2, 0.25) is 0 Å². The quantitative estimate of drug-likeness (QED) is 0.749. The molecule has 0 unspecified atom stereocenters. The molecule has 0 atom stereocenters.